The highest BCUT2D eigenvalue weighted by molar-refractivity contribution is 9.10. The quantitative estimate of drug-likeness (QED) is 0.452. The lowest BCUT2D eigenvalue weighted by Gasteiger charge is -2.18. The van der Waals surface area contributed by atoms with Crippen LogP contribution in [0.2, 0.25) is 0 Å². The van der Waals surface area contributed by atoms with Crippen molar-refractivity contribution in [3.63, 3.8) is 0 Å². The number of benzene rings is 3. The van der Waals surface area contributed by atoms with E-state index in [0.717, 1.165) is 38.4 Å². The highest BCUT2D eigenvalue weighted by atomic mass is 79.9. The van der Waals surface area contributed by atoms with Crippen molar-refractivity contribution in [2.75, 3.05) is 14.2 Å². The van der Waals surface area contributed by atoms with Gasteiger partial charge in [0.15, 0.2) is 11.5 Å². The Balaban J connectivity index is 1.75. The van der Waals surface area contributed by atoms with Crippen LogP contribution < -0.4 is 19.5 Å². The molecular weight excluding hydrogens is 430 g/mol. The Kier molecular flexibility index (Phi) is 7.55. The van der Waals surface area contributed by atoms with E-state index in [9.17, 15) is 0 Å². The molecule has 152 valence electrons. The van der Waals surface area contributed by atoms with Gasteiger partial charge < -0.3 is 19.5 Å². The van der Waals surface area contributed by atoms with Crippen LogP contribution in [-0.4, -0.2) is 14.2 Å². The van der Waals surface area contributed by atoms with Gasteiger partial charge in [-0.2, -0.15) is 0 Å². The van der Waals surface area contributed by atoms with Crippen molar-refractivity contribution in [3.8, 4) is 17.2 Å². The average Bonchev–Trinajstić information content (AvgIpc) is 2.75. The predicted molar refractivity (Wildman–Crippen MR) is 120 cm³/mol. The standard InChI is InChI=1S/C24H26BrNO3/c1-17-8-10-18(11-9-17)16-29-24-20(21(25)12-13-23(24)28-3)15-26-14-19-6-4-5-7-22(19)27-2/h4-13,26H,14-16H2,1-3H3. The summed E-state index contributed by atoms with van der Waals surface area (Å²) in [6, 6.07) is 20.2. The second-order valence-corrected chi connectivity index (χ2v) is 7.60. The molecule has 0 aliphatic rings. The molecule has 3 rings (SSSR count). The number of hydrogen-bond donors (Lipinski definition) is 1. The van der Waals surface area contributed by atoms with Crippen LogP contribution in [0, 0.1) is 6.92 Å². The van der Waals surface area contributed by atoms with E-state index in [1.165, 1.54) is 5.56 Å². The minimum Gasteiger partial charge on any atom is -0.496 e. The van der Waals surface area contributed by atoms with Gasteiger partial charge in [0.2, 0.25) is 0 Å². The zero-order chi connectivity index (χ0) is 20.6. The topological polar surface area (TPSA) is 39.7 Å². The van der Waals surface area contributed by atoms with E-state index in [-0.39, 0.29) is 0 Å². The predicted octanol–water partition coefficient (Wildman–Crippen LogP) is 5.64. The van der Waals surface area contributed by atoms with Crippen LogP contribution in [0.25, 0.3) is 0 Å². The van der Waals surface area contributed by atoms with Gasteiger partial charge in [0.05, 0.1) is 14.2 Å². The summed E-state index contributed by atoms with van der Waals surface area (Å²) in [5.74, 6) is 2.34. The van der Waals surface area contributed by atoms with Crippen molar-refractivity contribution < 1.29 is 14.2 Å². The summed E-state index contributed by atoms with van der Waals surface area (Å²) >= 11 is 3.66. The molecule has 1 N–H and O–H groups in total. The number of nitrogens with one attached hydrogen (secondary N) is 1. The van der Waals surface area contributed by atoms with Crippen LogP contribution in [0.3, 0.4) is 0 Å². The second-order valence-electron chi connectivity index (χ2n) is 6.75. The normalized spacial score (nSPS) is 10.6. The number of aryl methyl sites for hydroxylation is 1. The van der Waals surface area contributed by atoms with Crippen LogP contribution in [0.4, 0.5) is 0 Å². The van der Waals surface area contributed by atoms with Crippen LogP contribution in [-0.2, 0) is 19.7 Å². The Morgan fingerprint density at radius 3 is 2.28 bits per heavy atom. The Morgan fingerprint density at radius 2 is 1.55 bits per heavy atom. The zero-order valence-electron chi connectivity index (χ0n) is 17.0. The van der Waals surface area contributed by atoms with Crippen molar-refractivity contribution >= 4 is 15.9 Å². The molecule has 0 aliphatic heterocycles. The molecule has 0 bridgehead atoms. The third-order valence-corrected chi connectivity index (χ3v) is 5.44. The molecule has 29 heavy (non-hydrogen) atoms. The maximum Gasteiger partial charge on any atom is 0.167 e. The third kappa shape index (κ3) is 5.52. The van der Waals surface area contributed by atoms with Gasteiger partial charge in [0.25, 0.3) is 0 Å². The van der Waals surface area contributed by atoms with Crippen molar-refractivity contribution in [1.29, 1.82) is 0 Å². The minimum atomic E-state index is 0.479. The fraction of sp³-hybridized carbons (Fsp3) is 0.250. The van der Waals surface area contributed by atoms with Crippen LogP contribution >= 0.6 is 15.9 Å². The van der Waals surface area contributed by atoms with Crippen molar-refractivity contribution in [1.82, 2.24) is 5.32 Å². The highest BCUT2D eigenvalue weighted by Gasteiger charge is 2.15. The molecule has 0 aliphatic carbocycles. The van der Waals surface area contributed by atoms with E-state index in [1.807, 2.05) is 30.3 Å². The van der Waals surface area contributed by atoms with Crippen molar-refractivity contribution in [2.24, 2.45) is 0 Å². The van der Waals surface area contributed by atoms with Gasteiger partial charge in [-0.15, -0.1) is 0 Å². The lowest BCUT2D eigenvalue weighted by atomic mass is 10.1. The highest BCUT2D eigenvalue weighted by Crippen LogP contribution is 2.37. The number of rotatable bonds is 9. The molecule has 5 heteroatoms. The smallest absolute Gasteiger partial charge is 0.167 e. The first kappa shape index (κ1) is 21.2. The molecule has 0 spiro atoms. The Bertz CT molecular complexity index is 941. The summed E-state index contributed by atoms with van der Waals surface area (Å²) in [5, 5.41) is 3.49. The summed E-state index contributed by atoms with van der Waals surface area (Å²) in [4.78, 5) is 0. The van der Waals surface area contributed by atoms with E-state index < -0.39 is 0 Å². The number of ether oxygens (including phenoxy) is 3. The summed E-state index contributed by atoms with van der Waals surface area (Å²) < 4.78 is 18.2. The minimum absolute atomic E-state index is 0.479. The summed E-state index contributed by atoms with van der Waals surface area (Å²) in [5.41, 5.74) is 4.48. The zero-order valence-corrected chi connectivity index (χ0v) is 18.6. The summed E-state index contributed by atoms with van der Waals surface area (Å²) in [6.45, 7) is 3.87. The maximum absolute atomic E-state index is 6.19. The molecule has 4 nitrogen and oxygen atoms in total. The summed E-state index contributed by atoms with van der Waals surface area (Å²) in [6.07, 6.45) is 0. The first-order valence-electron chi connectivity index (χ1n) is 9.48. The maximum atomic E-state index is 6.19. The molecule has 0 heterocycles. The number of halogens is 1. The van der Waals surface area contributed by atoms with Crippen molar-refractivity contribution in [2.45, 2.75) is 26.6 Å². The molecule has 3 aromatic carbocycles. The van der Waals surface area contributed by atoms with E-state index in [0.29, 0.717) is 19.7 Å². The van der Waals surface area contributed by atoms with Crippen LogP contribution in [0.1, 0.15) is 22.3 Å². The number of methoxy groups -OCH3 is 2. The Labute approximate surface area is 180 Å². The van der Waals surface area contributed by atoms with E-state index in [1.54, 1.807) is 14.2 Å². The van der Waals surface area contributed by atoms with Gasteiger partial charge in [-0.25, -0.2) is 0 Å². The van der Waals surface area contributed by atoms with Crippen LogP contribution in [0.15, 0.2) is 65.1 Å². The SMILES string of the molecule is COc1ccccc1CNCc1c(Br)ccc(OC)c1OCc1ccc(C)cc1. The molecule has 0 saturated carbocycles. The van der Waals surface area contributed by atoms with Gasteiger partial charge in [-0.05, 0) is 30.7 Å². The van der Waals surface area contributed by atoms with Gasteiger partial charge >= 0.3 is 0 Å². The molecule has 0 amide bonds. The molecule has 0 unspecified atom stereocenters. The Morgan fingerprint density at radius 1 is 0.828 bits per heavy atom. The Hall–Kier alpha value is -2.50. The molecule has 0 fully saturated rings. The first-order valence-corrected chi connectivity index (χ1v) is 10.3. The van der Waals surface area contributed by atoms with Gasteiger partial charge in [0, 0.05) is 28.7 Å². The molecular formula is C24H26BrNO3. The van der Waals surface area contributed by atoms with Gasteiger partial charge in [0.1, 0.15) is 12.4 Å². The van der Waals surface area contributed by atoms with E-state index >= 15 is 0 Å². The fourth-order valence-corrected chi connectivity index (χ4v) is 3.53. The third-order valence-electron chi connectivity index (χ3n) is 4.70. The van der Waals surface area contributed by atoms with E-state index in [2.05, 4.69) is 58.5 Å². The molecule has 3 aromatic rings. The number of hydrogen-bond acceptors (Lipinski definition) is 4. The summed E-state index contributed by atoms with van der Waals surface area (Å²) in [7, 11) is 3.35. The monoisotopic (exact) mass is 455 g/mol. The molecule has 0 atom stereocenters. The largest absolute Gasteiger partial charge is 0.496 e. The first-order chi connectivity index (χ1) is 14.1. The van der Waals surface area contributed by atoms with Gasteiger partial charge in [-0.3, -0.25) is 0 Å². The fourth-order valence-electron chi connectivity index (χ4n) is 3.08. The molecule has 0 saturated heterocycles. The van der Waals surface area contributed by atoms with E-state index in [4.69, 9.17) is 14.2 Å². The lowest BCUT2D eigenvalue weighted by molar-refractivity contribution is 0.280. The molecule has 0 aromatic heterocycles. The second kappa shape index (κ2) is 10.3. The molecule has 0 radical (unpaired) electrons. The van der Waals surface area contributed by atoms with Gasteiger partial charge in [-0.1, -0.05) is 64.0 Å². The lowest BCUT2D eigenvalue weighted by Crippen LogP contribution is -2.15. The van der Waals surface area contributed by atoms with Crippen molar-refractivity contribution in [3.05, 3.63) is 87.4 Å². The number of para-hydroxylation sites is 1. The average molecular weight is 456 g/mol. The van der Waals surface area contributed by atoms with Crippen LogP contribution in [0.5, 0.6) is 17.2 Å².